The molecule has 0 aromatic rings. The summed E-state index contributed by atoms with van der Waals surface area (Å²) in [4.78, 5) is 0. The van der Waals surface area contributed by atoms with E-state index in [2.05, 4.69) is 0 Å². The van der Waals surface area contributed by atoms with Gasteiger partial charge in [-0.1, -0.05) is 0 Å². The summed E-state index contributed by atoms with van der Waals surface area (Å²) in [6, 6.07) is 0. The van der Waals surface area contributed by atoms with Crippen molar-refractivity contribution in [3.05, 3.63) is 0 Å². The molecule has 0 aromatic heterocycles. The third-order valence-corrected chi connectivity index (χ3v) is 0. The fourth-order valence-corrected chi connectivity index (χ4v) is 0. The predicted octanol–water partition coefficient (Wildman–Crippen LogP) is -0.980. The van der Waals surface area contributed by atoms with Crippen molar-refractivity contribution in [3.63, 3.8) is 0 Å². The maximum absolute atomic E-state index is 0. The molecule has 53 valence electrons. The van der Waals surface area contributed by atoms with E-state index in [1.54, 1.807) is 0 Å². The zero-order chi connectivity index (χ0) is 0. The smallest absolute Gasteiger partial charge is 2.00 e. The van der Waals surface area contributed by atoms with E-state index in [0.717, 1.165) is 0 Å². The third kappa shape index (κ3) is 114. The summed E-state index contributed by atoms with van der Waals surface area (Å²) in [6.07, 6.45) is 0. The molecule has 0 bridgehead atoms. The summed E-state index contributed by atoms with van der Waals surface area (Å²) in [5, 5.41) is 0. The topological polar surface area (TPSA) is 142 Å². The number of hydrogen-bond acceptors (Lipinski definition) is 0. The van der Waals surface area contributed by atoms with Gasteiger partial charge in [-0.15, -0.1) is 0 Å². The van der Waals surface area contributed by atoms with E-state index in [-0.39, 0.29) is 88.3 Å². The minimum Gasteiger partial charge on any atom is -2.00 e. The normalized spacial score (nSPS) is 0. The van der Waals surface area contributed by atoms with Gasteiger partial charge in [-0.25, -0.2) is 0 Å². The molecule has 8 heteroatoms. The standard InChI is InChI=1S/Co.Mg.5O.W/q2*+2;5*-2;. The first-order valence-corrected chi connectivity index (χ1v) is 0. The Kier molecular flexibility index (Phi) is 5140. The molecule has 0 heterocycles. The molecule has 0 fully saturated rings. The van der Waals surface area contributed by atoms with Crippen LogP contribution in [0, 0.1) is 0 Å². The second kappa shape index (κ2) is 170. The Labute approximate surface area is 87.8 Å². The van der Waals surface area contributed by atoms with Gasteiger partial charge in [0.15, 0.2) is 0 Å². The van der Waals surface area contributed by atoms with Crippen molar-refractivity contribution in [2.45, 2.75) is 0 Å². The summed E-state index contributed by atoms with van der Waals surface area (Å²) in [7, 11) is 0. The zero-order valence-electron chi connectivity index (χ0n) is 3.49. The van der Waals surface area contributed by atoms with Gasteiger partial charge in [-0.3, -0.25) is 0 Å². The fraction of sp³-hybridized carbons (Fsp3) is 0. The van der Waals surface area contributed by atoms with Crippen LogP contribution in [0.4, 0.5) is 0 Å². The van der Waals surface area contributed by atoms with E-state index in [0.29, 0.717) is 0 Å². The zero-order valence-corrected chi connectivity index (χ0v) is 8.88. The van der Waals surface area contributed by atoms with Crippen LogP contribution in [-0.4, -0.2) is 23.1 Å². The van der Waals surface area contributed by atoms with Crippen LogP contribution >= 0.6 is 0 Å². The van der Waals surface area contributed by atoms with Gasteiger partial charge < -0.3 is 27.4 Å². The maximum atomic E-state index is 0. The van der Waals surface area contributed by atoms with Gasteiger partial charge in [-0.05, 0) is 0 Å². The Morgan fingerprint density at radius 3 is 0.500 bits per heavy atom. The molecule has 0 aliphatic heterocycles. The molecule has 5 nitrogen and oxygen atoms in total. The molecule has 0 aliphatic rings. The quantitative estimate of drug-likeness (QED) is 0.497. The predicted molar refractivity (Wildman–Crippen MR) is 9.19 cm³/mol. The third-order valence-electron chi connectivity index (χ3n) is 0. The van der Waals surface area contributed by atoms with Gasteiger partial charge in [0.05, 0.1) is 0 Å². The molecule has 0 aliphatic carbocycles. The fourth-order valence-electron chi connectivity index (χ4n) is 0. The largest absolute Gasteiger partial charge is 2.00 e. The van der Waals surface area contributed by atoms with Gasteiger partial charge in [0.2, 0.25) is 0 Å². The van der Waals surface area contributed by atoms with Crippen molar-refractivity contribution in [2.75, 3.05) is 0 Å². The molecule has 1 radical (unpaired) electrons. The van der Waals surface area contributed by atoms with Gasteiger partial charge in [-0.2, -0.15) is 0 Å². The Bertz CT molecular complexity index is 12.4. The van der Waals surface area contributed by atoms with E-state index in [1.807, 2.05) is 0 Å². The molecule has 0 unspecified atom stereocenters. The van der Waals surface area contributed by atoms with Gasteiger partial charge in [0.1, 0.15) is 0 Å². The second-order valence-electron chi connectivity index (χ2n) is 0. The van der Waals surface area contributed by atoms with Crippen LogP contribution in [-0.2, 0) is 65.2 Å². The number of rotatable bonds is 0. The van der Waals surface area contributed by atoms with Gasteiger partial charge in [0, 0.05) is 21.1 Å². The summed E-state index contributed by atoms with van der Waals surface area (Å²) in [5.74, 6) is 0. The minimum atomic E-state index is 0. The van der Waals surface area contributed by atoms with Crippen molar-refractivity contribution >= 4 is 23.1 Å². The molecule has 0 spiro atoms. The van der Waals surface area contributed by atoms with E-state index in [4.69, 9.17) is 0 Å². The average molecular weight is 347 g/mol. The SMILES string of the molecule is [Co+2].[Mg+2].[O-2].[O-2].[O-2].[O-2].[O-2].[W]. The van der Waals surface area contributed by atoms with Crippen LogP contribution in [0.5, 0.6) is 0 Å². The summed E-state index contributed by atoms with van der Waals surface area (Å²) >= 11 is 0. The first kappa shape index (κ1) is 242. The van der Waals surface area contributed by atoms with Crippen molar-refractivity contribution in [3.8, 4) is 0 Å². The Morgan fingerprint density at radius 1 is 0.500 bits per heavy atom. The monoisotopic (exact) mass is 347 g/mol. The van der Waals surface area contributed by atoms with E-state index < -0.39 is 0 Å². The van der Waals surface area contributed by atoms with Crippen molar-refractivity contribution in [1.29, 1.82) is 0 Å². The molecular weight excluding hydrogens is 347 g/mol. The molecule has 0 rings (SSSR count). The van der Waals surface area contributed by atoms with Crippen LogP contribution in [0.25, 0.3) is 0 Å². The van der Waals surface area contributed by atoms with Crippen LogP contribution in [0.15, 0.2) is 0 Å². The van der Waals surface area contributed by atoms with Crippen LogP contribution in [0.1, 0.15) is 0 Å². The molecule has 0 amide bonds. The average Bonchev–Trinajstić information content (AvgIpc) is 0. The van der Waals surface area contributed by atoms with E-state index in [9.17, 15) is 0 Å². The molecule has 0 aromatic carbocycles. The van der Waals surface area contributed by atoms with E-state index >= 15 is 0 Å². The Balaban J connectivity index is 0. The first-order valence-electron chi connectivity index (χ1n) is 0. The maximum Gasteiger partial charge on any atom is 2.00 e. The Hall–Kier alpha value is 1.76. The van der Waals surface area contributed by atoms with Crippen molar-refractivity contribution in [2.24, 2.45) is 0 Å². The molecular formula is CoMgO5W-6. The molecule has 0 N–H and O–H groups in total. The number of hydrogen-bond donors (Lipinski definition) is 0. The van der Waals surface area contributed by atoms with Crippen LogP contribution in [0.3, 0.4) is 0 Å². The molecule has 0 atom stereocenters. The van der Waals surface area contributed by atoms with Crippen molar-refractivity contribution < 1.29 is 65.2 Å². The van der Waals surface area contributed by atoms with Crippen molar-refractivity contribution in [1.82, 2.24) is 0 Å². The molecule has 0 saturated carbocycles. The van der Waals surface area contributed by atoms with Gasteiger partial charge in [0.25, 0.3) is 0 Å². The molecule has 8 heavy (non-hydrogen) atoms. The summed E-state index contributed by atoms with van der Waals surface area (Å²) in [5.41, 5.74) is 0. The van der Waals surface area contributed by atoms with Gasteiger partial charge >= 0.3 is 39.8 Å². The Morgan fingerprint density at radius 2 is 0.500 bits per heavy atom. The van der Waals surface area contributed by atoms with E-state index in [1.165, 1.54) is 0 Å². The summed E-state index contributed by atoms with van der Waals surface area (Å²) in [6.45, 7) is 0. The minimum absolute atomic E-state index is 0. The summed E-state index contributed by atoms with van der Waals surface area (Å²) < 4.78 is 0. The van der Waals surface area contributed by atoms with Crippen LogP contribution < -0.4 is 0 Å². The molecule has 0 saturated heterocycles. The second-order valence-corrected chi connectivity index (χ2v) is 0. The first-order chi connectivity index (χ1) is 0. The van der Waals surface area contributed by atoms with Crippen LogP contribution in [0.2, 0.25) is 0 Å².